The van der Waals surface area contributed by atoms with E-state index in [-0.39, 0.29) is 11.9 Å². The number of rotatable bonds is 3. The van der Waals surface area contributed by atoms with Gasteiger partial charge in [0.15, 0.2) is 0 Å². The zero-order valence-corrected chi connectivity index (χ0v) is 13.3. The van der Waals surface area contributed by atoms with Crippen molar-refractivity contribution in [3.63, 3.8) is 0 Å². The molecule has 0 aromatic heterocycles. The SMILES string of the molecule is CN(C(=O)/C=C/c1ccc(Cl)cc1)[C@@H]1CCc2ccccc21. The number of nitrogens with zero attached hydrogens (tertiary/aromatic N) is 1. The smallest absolute Gasteiger partial charge is 0.246 e. The molecule has 2 nitrogen and oxygen atoms in total. The molecule has 0 unspecified atom stereocenters. The maximum Gasteiger partial charge on any atom is 0.246 e. The van der Waals surface area contributed by atoms with Crippen LogP contribution in [0, 0.1) is 0 Å². The monoisotopic (exact) mass is 311 g/mol. The molecule has 0 bridgehead atoms. The number of halogens is 1. The highest BCUT2D eigenvalue weighted by Gasteiger charge is 2.27. The molecule has 3 heteroatoms. The van der Waals surface area contributed by atoms with Gasteiger partial charge < -0.3 is 4.90 Å². The first-order valence-electron chi connectivity index (χ1n) is 7.43. The van der Waals surface area contributed by atoms with E-state index < -0.39 is 0 Å². The minimum atomic E-state index is 0.0247. The zero-order valence-electron chi connectivity index (χ0n) is 12.5. The van der Waals surface area contributed by atoms with Crippen LogP contribution in [0.5, 0.6) is 0 Å². The number of fused-ring (bicyclic) bond motifs is 1. The van der Waals surface area contributed by atoms with Crippen LogP contribution >= 0.6 is 11.6 Å². The number of carbonyl (C=O) groups excluding carboxylic acids is 1. The van der Waals surface area contributed by atoms with Crippen molar-refractivity contribution in [3.05, 3.63) is 76.3 Å². The minimum absolute atomic E-state index is 0.0247. The van der Waals surface area contributed by atoms with Crippen LogP contribution in [-0.4, -0.2) is 17.9 Å². The summed E-state index contributed by atoms with van der Waals surface area (Å²) in [6.07, 6.45) is 5.50. The van der Waals surface area contributed by atoms with Gasteiger partial charge in [0.1, 0.15) is 0 Å². The van der Waals surface area contributed by atoms with Crippen molar-refractivity contribution in [2.75, 3.05) is 7.05 Å². The first-order valence-corrected chi connectivity index (χ1v) is 7.81. The lowest BCUT2D eigenvalue weighted by Crippen LogP contribution is -2.28. The van der Waals surface area contributed by atoms with Crippen LogP contribution in [0.3, 0.4) is 0 Å². The lowest BCUT2D eigenvalue weighted by Gasteiger charge is -2.24. The first kappa shape index (κ1) is 14.9. The van der Waals surface area contributed by atoms with E-state index in [1.54, 1.807) is 6.08 Å². The Balaban J connectivity index is 1.71. The van der Waals surface area contributed by atoms with Crippen molar-refractivity contribution >= 4 is 23.6 Å². The van der Waals surface area contributed by atoms with Crippen molar-refractivity contribution in [1.29, 1.82) is 0 Å². The summed E-state index contributed by atoms with van der Waals surface area (Å²) < 4.78 is 0. The fraction of sp³-hybridized carbons (Fsp3) is 0.211. The molecule has 1 aliphatic rings. The predicted octanol–water partition coefficient (Wildman–Crippen LogP) is 4.50. The van der Waals surface area contributed by atoms with Crippen LogP contribution in [0.4, 0.5) is 0 Å². The third-order valence-corrected chi connectivity index (χ3v) is 4.46. The van der Waals surface area contributed by atoms with Crippen LogP contribution < -0.4 is 0 Å². The van der Waals surface area contributed by atoms with Crippen LogP contribution in [0.1, 0.15) is 29.2 Å². The van der Waals surface area contributed by atoms with Crippen molar-refractivity contribution in [2.24, 2.45) is 0 Å². The Labute approximate surface area is 136 Å². The van der Waals surface area contributed by atoms with Gasteiger partial charge >= 0.3 is 0 Å². The summed E-state index contributed by atoms with van der Waals surface area (Å²) in [5.74, 6) is 0.0247. The highest BCUT2D eigenvalue weighted by molar-refractivity contribution is 6.30. The van der Waals surface area contributed by atoms with Gasteiger partial charge in [-0.25, -0.2) is 0 Å². The Morgan fingerprint density at radius 3 is 2.68 bits per heavy atom. The van der Waals surface area contributed by atoms with E-state index >= 15 is 0 Å². The molecule has 0 aliphatic heterocycles. The maximum absolute atomic E-state index is 12.4. The van der Waals surface area contributed by atoms with E-state index in [9.17, 15) is 4.79 Å². The summed E-state index contributed by atoms with van der Waals surface area (Å²) in [6.45, 7) is 0. The quantitative estimate of drug-likeness (QED) is 0.764. The lowest BCUT2D eigenvalue weighted by atomic mass is 10.1. The normalized spacial score (nSPS) is 16.7. The van der Waals surface area contributed by atoms with Crippen molar-refractivity contribution in [1.82, 2.24) is 4.90 Å². The molecule has 0 radical (unpaired) electrons. The van der Waals surface area contributed by atoms with Gasteiger partial charge in [-0.05, 0) is 47.7 Å². The first-order chi connectivity index (χ1) is 10.6. The Kier molecular flexibility index (Phi) is 4.30. The fourth-order valence-corrected chi connectivity index (χ4v) is 3.08. The molecule has 0 heterocycles. The summed E-state index contributed by atoms with van der Waals surface area (Å²) in [5.41, 5.74) is 3.60. The largest absolute Gasteiger partial charge is 0.335 e. The third kappa shape index (κ3) is 3.07. The highest BCUT2D eigenvalue weighted by Crippen LogP contribution is 2.34. The molecule has 3 rings (SSSR count). The lowest BCUT2D eigenvalue weighted by molar-refractivity contribution is -0.126. The van der Waals surface area contributed by atoms with Crippen molar-refractivity contribution < 1.29 is 4.79 Å². The van der Waals surface area contributed by atoms with Gasteiger partial charge in [-0.15, -0.1) is 0 Å². The number of benzene rings is 2. The molecule has 22 heavy (non-hydrogen) atoms. The molecule has 0 saturated carbocycles. The van der Waals surface area contributed by atoms with Gasteiger partial charge in [-0.3, -0.25) is 4.79 Å². The number of hydrogen-bond acceptors (Lipinski definition) is 1. The average molecular weight is 312 g/mol. The molecule has 2 aromatic carbocycles. The van der Waals surface area contributed by atoms with Crippen LogP contribution in [0.2, 0.25) is 5.02 Å². The molecule has 112 valence electrons. The molecule has 0 spiro atoms. The number of amides is 1. The predicted molar refractivity (Wildman–Crippen MR) is 90.8 cm³/mol. The summed E-state index contributed by atoms with van der Waals surface area (Å²) in [6, 6.07) is 16.0. The Morgan fingerprint density at radius 1 is 1.18 bits per heavy atom. The molecule has 0 N–H and O–H groups in total. The molecule has 0 fully saturated rings. The van der Waals surface area contributed by atoms with Gasteiger partial charge in [0, 0.05) is 18.1 Å². The maximum atomic E-state index is 12.4. The van der Waals surface area contributed by atoms with Gasteiger partial charge in [0.25, 0.3) is 0 Å². The zero-order chi connectivity index (χ0) is 15.5. The van der Waals surface area contributed by atoms with E-state index in [1.165, 1.54) is 11.1 Å². The van der Waals surface area contributed by atoms with E-state index in [0.29, 0.717) is 5.02 Å². The van der Waals surface area contributed by atoms with E-state index in [1.807, 2.05) is 48.4 Å². The molecule has 0 saturated heterocycles. The number of aryl methyl sites for hydroxylation is 1. The molecular weight excluding hydrogens is 294 g/mol. The molecular formula is C19H18ClNO. The molecule has 2 aromatic rings. The van der Waals surface area contributed by atoms with E-state index in [4.69, 9.17) is 11.6 Å². The second kappa shape index (κ2) is 6.37. The second-order valence-corrected chi connectivity index (χ2v) is 6.02. The summed E-state index contributed by atoms with van der Waals surface area (Å²) in [7, 11) is 1.88. The second-order valence-electron chi connectivity index (χ2n) is 5.59. The molecule has 1 atom stereocenters. The van der Waals surface area contributed by atoms with Crippen LogP contribution in [0.15, 0.2) is 54.6 Å². The Bertz CT molecular complexity index is 706. The Hall–Kier alpha value is -2.06. The van der Waals surface area contributed by atoms with Gasteiger partial charge in [-0.1, -0.05) is 48.0 Å². The number of hydrogen-bond donors (Lipinski definition) is 0. The summed E-state index contributed by atoms with van der Waals surface area (Å²) in [5, 5.41) is 0.697. The Morgan fingerprint density at radius 2 is 1.91 bits per heavy atom. The van der Waals surface area contributed by atoms with Gasteiger partial charge in [0.05, 0.1) is 6.04 Å². The number of carbonyl (C=O) groups is 1. The van der Waals surface area contributed by atoms with Gasteiger partial charge in [0.2, 0.25) is 5.91 Å². The minimum Gasteiger partial charge on any atom is -0.335 e. The van der Waals surface area contributed by atoms with E-state index in [0.717, 1.165) is 18.4 Å². The standard InChI is InChI=1S/C19H18ClNO/c1-21(18-12-9-15-4-2-3-5-17(15)18)19(22)13-8-14-6-10-16(20)11-7-14/h2-8,10-11,13,18H,9,12H2,1H3/b13-8+/t18-/m1/s1. The number of likely N-dealkylation sites (N-methyl/N-ethyl adjacent to an activating group) is 1. The van der Waals surface area contributed by atoms with Crippen LogP contribution in [0.25, 0.3) is 6.08 Å². The fourth-order valence-electron chi connectivity index (χ4n) is 2.95. The third-order valence-electron chi connectivity index (χ3n) is 4.20. The summed E-state index contributed by atoms with van der Waals surface area (Å²) >= 11 is 5.86. The van der Waals surface area contributed by atoms with Gasteiger partial charge in [-0.2, -0.15) is 0 Å². The van der Waals surface area contributed by atoms with Crippen molar-refractivity contribution in [2.45, 2.75) is 18.9 Å². The van der Waals surface area contributed by atoms with E-state index in [2.05, 4.69) is 18.2 Å². The van der Waals surface area contributed by atoms with Crippen molar-refractivity contribution in [3.8, 4) is 0 Å². The summed E-state index contributed by atoms with van der Waals surface area (Å²) in [4.78, 5) is 14.2. The average Bonchev–Trinajstić information content (AvgIpc) is 2.97. The highest BCUT2D eigenvalue weighted by atomic mass is 35.5. The van der Waals surface area contributed by atoms with Crippen LogP contribution in [-0.2, 0) is 11.2 Å². The molecule has 1 amide bonds. The topological polar surface area (TPSA) is 20.3 Å². The molecule has 1 aliphatic carbocycles.